The van der Waals surface area contributed by atoms with Gasteiger partial charge in [-0.25, -0.2) is 9.59 Å². The second-order valence-electron chi connectivity index (χ2n) is 4.10. The molecule has 0 aliphatic carbocycles. The summed E-state index contributed by atoms with van der Waals surface area (Å²) >= 11 is 5.90. The standard InChI is InChI=1S/C13H17ClN2O4/c1-3-20-8(2)7-15-13(19)16-11-6-9(12(17)18)4-5-10(11)14/h4-6,8H,3,7H2,1-2H3,(H,17,18)(H2,15,16,19). The molecule has 0 aliphatic rings. The van der Waals surface area contributed by atoms with Crippen LogP contribution in [-0.2, 0) is 4.74 Å². The van der Waals surface area contributed by atoms with Crippen LogP contribution in [0.2, 0.25) is 5.02 Å². The van der Waals surface area contributed by atoms with Crippen molar-refractivity contribution in [3.63, 3.8) is 0 Å². The second-order valence-corrected chi connectivity index (χ2v) is 4.51. The molecule has 7 heteroatoms. The van der Waals surface area contributed by atoms with Crippen molar-refractivity contribution < 1.29 is 19.4 Å². The molecule has 20 heavy (non-hydrogen) atoms. The molecule has 0 spiro atoms. The monoisotopic (exact) mass is 300 g/mol. The average Bonchev–Trinajstić information content (AvgIpc) is 2.39. The number of anilines is 1. The summed E-state index contributed by atoms with van der Waals surface area (Å²) in [5.41, 5.74) is 0.292. The van der Waals surface area contributed by atoms with Gasteiger partial charge in [-0.15, -0.1) is 0 Å². The predicted molar refractivity (Wildman–Crippen MR) is 76.5 cm³/mol. The summed E-state index contributed by atoms with van der Waals surface area (Å²) < 4.78 is 5.27. The van der Waals surface area contributed by atoms with Gasteiger partial charge in [-0.05, 0) is 32.0 Å². The number of rotatable bonds is 6. The maximum Gasteiger partial charge on any atom is 0.335 e. The van der Waals surface area contributed by atoms with Crippen molar-refractivity contribution in [1.29, 1.82) is 0 Å². The van der Waals surface area contributed by atoms with Crippen molar-refractivity contribution in [2.75, 3.05) is 18.5 Å². The van der Waals surface area contributed by atoms with E-state index >= 15 is 0 Å². The van der Waals surface area contributed by atoms with E-state index in [-0.39, 0.29) is 22.4 Å². The van der Waals surface area contributed by atoms with E-state index in [0.29, 0.717) is 13.2 Å². The van der Waals surface area contributed by atoms with Crippen LogP contribution < -0.4 is 10.6 Å². The van der Waals surface area contributed by atoms with Crippen molar-refractivity contribution >= 4 is 29.3 Å². The van der Waals surface area contributed by atoms with Gasteiger partial charge in [0.15, 0.2) is 0 Å². The third-order valence-corrected chi connectivity index (χ3v) is 2.79. The van der Waals surface area contributed by atoms with E-state index in [1.165, 1.54) is 18.2 Å². The zero-order valence-electron chi connectivity index (χ0n) is 11.3. The van der Waals surface area contributed by atoms with Gasteiger partial charge in [0, 0.05) is 13.2 Å². The quantitative estimate of drug-likeness (QED) is 0.753. The van der Waals surface area contributed by atoms with Gasteiger partial charge in [-0.3, -0.25) is 0 Å². The largest absolute Gasteiger partial charge is 0.478 e. The number of carbonyl (C=O) groups excluding carboxylic acids is 1. The van der Waals surface area contributed by atoms with Crippen molar-refractivity contribution in [3.8, 4) is 0 Å². The first-order valence-corrected chi connectivity index (χ1v) is 6.51. The van der Waals surface area contributed by atoms with Gasteiger partial charge in [0.05, 0.1) is 22.4 Å². The van der Waals surface area contributed by atoms with Gasteiger partial charge in [0.25, 0.3) is 0 Å². The number of urea groups is 1. The van der Waals surface area contributed by atoms with E-state index < -0.39 is 12.0 Å². The van der Waals surface area contributed by atoms with Crippen LogP contribution in [0.4, 0.5) is 10.5 Å². The topological polar surface area (TPSA) is 87.7 Å². The Kier molecular flexibility index (Phi) is 6.27. The fraction of sp³-hybridized carbons (Fsp3) is 0.385. The maximum absolute atomic E-state index is 11.7. The number of amides is 2. The number of carboxylic acid groups (broad SMARTS) is 1. The van der Waals surface area contributed by atoms with Crippen LogP contribution in [0.1, 0.15) is 24.2 Å². The number of hydrogen-bond acceptors (Lipinski definition) is 3. The minimum Gasteiger partial charge on any atom is -0.478 e. The normalized spacial score (nSPS) is 11.8. The van der Waals surface area contributed by atoms with Crippen LogP contribution >= 0.6 is 11.6 Å². The van der Waals surface area contributed by atoms with Gasteiger partial charge < -0.3 is 20.5 Å². The number of ether oxygens (including phenoxy) is 1. The van der Waals surface area contributed by atoms with Gasteiger partial charge in [-0.1, -0.05) is 11.6 Å². The number of carbonyl (C=O) groups is 2. The maximum atomic E-state index is 11.7. The molecule has 0 saturated carbocycles. The highest BCUT2D eigenvalue weighted by molar-refractivity contribution is 6.33. The molecule has 0 aliphatic heterocycles. The van der Waals surface area contributed by atoms with E-state index in [0.717, 1.165) is 0 Å². The number of hydrogen-bond donors (Lipinski definition) is 3. The molecule has 110 valence electrons. The minimum atomic E-state index is -1.09. The Morgan fingerprint density at radius 2 is 2.15 bits per heavy atom. The lowest BCUT2D eigenvalue weighted by molar-refractivity contribution is 0.0697. The molecule has 1 aromatic carbocycles. The summed E-state index contributed by atoms with van der Waals surface area (Å²) in [7, 11) is 0. The second kappa shape index (κ2) is 7.72. The number of aromatic carboxylic acids is 1. The van der Waals surface area contributed by atoms with E-state index in [1.807, 2.05) is 13.8 Å². The zero-order chi connectivity index (χ0) is 15.1. The van der Waals surface area contributed by atoms with Crippen LogP contribution in [-0.4, -0.2) is 36.4 Å². The SMILES string of the molecule is CCOC(C)CNC(=O)Nc1cc(C(=O)O)ccc1Cl. The molecule has 0 bridgehead atoms. The molecule has 0 heterocycles. The Hall–Kier alpha value is -1.79. The summed E-state index contributed by atoms with van der Waals surface area (Å²) in [6.07, 6.45) is -0.105. The molecular weight excluding hydrogens is 284 g/mol. The Labute approximate surface area is 122 Å². The third-order valence-electron chi connectivity index (χ3n) is 2.46. The van der Waals surface area contributed by atoms with E-state index in [4.69, 9.17) is 21.4 Å². The third kappa shape index (κ3) is 5.07. The first kappa shape index (κ1) is 16.3. The molecular formula is C13H17ClN2O4. The number of halogens is 1. The molecule has 2 amide bonds. The number of benzene rings is 1. The average molecular weight is 301 g/mol. The molecule has 1 aromatic rings. The predicted octanol–water partition coefficient (Wildman–Crippen LogP) is 2.58. The van der Waals surface area contributed by atoms with Crippen molar-refractivity contribution in [2.24, 2.45) is 0 Å². The number of nitrogens with one attached hydrogen (secondary N) is 2. The van der Waals surface area contributed by atoms with Crippen molar-refractivity contribution in [1.82, 2.24) is 5.32 Å². The van der Waals surface area contributed by atoms with Crippen LogP contribution in [0.15, 0.2) is 18.2 Å². The van der Waals surface area contributed by atoms with E-state index in [9.17, 15) is 9.59 Å². The van der Waals surface area contributed by atoms with Gasteiger partial charge >= 0.3 is 12.0 Å². The highest BCUT2D eigenvalue weighted by Gasteiger charge is 2.10. The summed E-state index contributed by atoms with van der Waals surface area (Å²) in [4.78, 5) is 22.5. The molecule has 0 fully saturated rings. The number of carboxylic acids is 1. The Morgan fingerprint density at radius 3 is 2.75 bits per heavy atom. The fourth-order valence-electron chi connectivity index (χ4n) is 1.50. The molecule has 1 unspecified atom stereocenters. The molecule has 0 radical (unpaired) electrons. The summed E-state index contributed by atoms with van der Waals surface area (Å²) in [6.45, 7) is 4.61. The van der Waals surface area contributed by atoms with Crippen LogP contribution in [0, 0.1) is 0 Å². The summed E-state index contributed by atoms with van der Waals surface area (Å²) in [5, 5.41) is 14.3. The zero-order valence-corrected chi connectivity index (χ0v) is 12.0. The lowest BCUT2D eigenvalue weighted by atomic mass is 10.2. The van der Waals surface area contributed by atoms with Crippen LogP contribution in [0.3, 0.4) is 0 Å². The lowest BCUT2D eigenvalue weighted by Crippen LogP contribution is -2.35. The van der Waals surface area contributed by atoms with Gasteiger partial charge in [0.2, 0.25) is 0 Å². The Bertz CT molecular complexity index is 493. The van der Waals surface area contributed by atoms with Crippen molar-refractivity contribution in [2.45, 2.75) is 20.0 Å². The minimum absolute atomic E-state index is 0.0485. The molecule has 0 saturated heterocycles. The highest BCUT2D eigenvalue weighted by atomic mass is 35.5. The van der Waals surface area contributed by atoms with Gasteiger partial charge in [-0.2, -0.15) is 0 Å². The van der Waals surface area contributed by atoms with E-state index in [1.54, 1.807) is 0 Å². The van der Waals surface area contributed by atoms with Crippen LogP contribution in [0.5, 0.6) is 0 Å². The van der Waals surface area contributed by atoms with Crippen LogP contribution in [0.25, 0.3) is 0 Å². The summed E-state index contributed by atoms with van der Waals surface area (Å²) in [6, 6.07) is 3.62. The Balaban J connectivity index is 2.61. The molecule has 1 atom stereocenters. The fourth-order valence-corrected chi connectivity index (χ4v) is 1.67. The summed E-state index contributed by atoms with van der Waals surface area (Å²) in [5.74, 6) is -1.09. The van der Waals surface area contributed by atoms with Gasteiger partial charge in [0.1, 0.15) is 0 Å². The highest BCUT2D eigenvalue weighted by Crippen LogP contribution is 2.22. The molecule has 1 rings (SSSR count). The smallest absolute Gasteiger partial charge is 0.335 e. The molecule has 3 N–H and O–H groups in total. The van der Waals surface area contributed by atoms with Crippen molar-refractivity contribution in [3.05, 3.63) is 28.8 Å². The molecule has 0 aromatic heterocycles. The molecule has 6 nitrogen and oxygen atoms in total. The lowest BCUT2D eigenvalue weighted by Gasteiger charge is -2.14. The first-order chi connectivity index (χ1) is 9.43. The Morgan fingerprint density at radius 1 is 1.45 bits per heavy atom. The van der Waals surface area contributed by atoms with E-state index in [2.05, 4.69) is 10.6 Å². The first-order valence-electron chi connectivity index (χ1n) is 6.13.